The van der Waals surface area contributed by atoms with Crippen molar-refractivity contribution in [2.24, 2.45) is 0 Å². The van der Waals surface area contributed by atoms with Crippen LogP contribution in [0.2, 0.25) is 0 Å². The number of hydrogen-bond donors (Lipinski definition) is 0. The molecule has 0 N–H and O–H groups in total. The van der Waals surface area contributed by atoms with Crippen molar-refractivity contribution in [1.82, 2.24) is 19.7 Å². The lowest BCUT2D eigenvalue weighted by Gasteiger charge is -2.42. The molecule has 7 heteroatoms. The van der Waals surface area contributed by atoms with Crippen LogP contribution in [-0.2, 0) is 0 Å². The first kappa shape index (κ1) is 26.8. The number of benzene rings is 3. The van der Waals surface area contributed by atoms with Crippen LogP contribution in [-0.4, -0.2) is 82.6 Å². The predicted octanol–water partition coefficient (Wildman–Crippen LogP) is 5.17. The van der Waals surface area contributed by atoms with E-state index in [0.29, 0.717) is 36.0 Å². The summed E-state index contributed by atoms with van der Waals surface area (Å²) >= 11 is 0. The van der Waals surface area contributed by atoms with Crippen LogP contribution >= 0.6 is 0 Å². The monoisotopic (exact) mass is 546 g/mol. The van der Waals surface area contributed by atoms with Crippen LogP contribution in [0.5, 0.6) is 0 Å². The van der Waals surface area contributed by atoms with Crippen molar-refractivity contribution < 1.29 is 14.4 Å². The van der Waals surface area contributed by atoms with E-state index < -0.39 is 0 Å². The number of para-hydroxylation sites is 1. The summed E-state index contributed by atoms with van der Waals surface area (Å²) in [5, 5.41) is 0.835. The third-order valence-corrected chi connectivity index (χ3v) is 8.40. The fourth-order valence-electron chi connectivity index (χ4n) is 6.06. The van der Waals surface area contributed by atoms with Gasteiger partial charge in [0.1, 0.15) is 0 Å². The maximum atomic E-state index is 13.9. The Morgan fingerprint density at radius 1 is 0.683 bits per heavy atom. The topological polar surface area (TPSA) is 73.8 Å². The molecule has 0 bridgehead atoms. The first-order valence-corrected chi connectivity index (χ1v) is 14.4. The number of carbonyl (C=O) groups is 3. The molecule has 4 aromatic rings. The van der Waals surface area contributed by atoms with E-state index in [0.717, 1.165) is 61.1 Å². The minimum atomic E-state index is -0.00437. The van der Waals surface area contributed by atoms with Gasteiger partial charge in [0.25, 0.3) is 11.8 Å². The number of pyridine rings is 1. The number of Topliss-reactive ketones (excluding diaryl/α,β-unsaturated/α-hetero) is 1. The van der Waals surface area contributed by atoms with E-state index in [4.69, 9.17) is 4.98 Å². The number of aromatic nitrogens is 1. The van der Waals surface area contributed by atoms with Gasteiger partial charge in [-0.1, -0.05) is 54.6 Å². The Morgan fingerprint density at radius 3 is 2.07 bits per heavy atom. The number of ketones is 1. The molecule has 1 aromatic heterocycles. The molecule has 3 heterocycles. The fourth-order valence-corrected chi connectivity index (χ4v) is 6.06. The van der Waals surface area contributed by atoms with Crippen LogP contribution in [0.15, 0.2) is 84.9 Å². The Labute approximate surface area is 240 Å². The number of fused-ring (bicyclic) bond motifs is 1. The number of nitrogens with zero attached hydrogens (tertiary/aromatic N) is 4. The zero-order chi connectivity index (χ0) is 28.3. The minimum Gasteiger partial charge on any atom is -0.339 e. The minimum absolute atomic E-state index is 0.00437. The zero-order valence-corrected chi connectivity index (χ0v) is 23.3. The van der Waals surface area contributed by atoms with Crippen LogP contribution in [0, 0.1) is 0 Å². The molecule has 0 unspecified atom stereocenters. The second-order valence-electron chi connectivity index (χ2n) is 10.9. The smallest absolute Gasteiger partial charge is 0.254 e. The fraction of sp³-hybridized carbons (Fsp3) is 0.294. The molecule has 7 nitrogen and oxygen atoms in total. The first-order valence-electron chi connectivity index (χ1n) is 14.4. The first-order chi connectivity index (χ1) is 20.0. The number of piperazine rings is 1. The quantitative estimate of drug-likeness (QED) is 0.323. The number of likely N-dealkylation sites (tertiary alicyclic amines) is 1. The molecule has 2 fully saturated rings. The van der Waals surface area contributed by atoms with E-state index in [-0.39, 0.29) is 17.6 Å². The molecule has 0 radical (unpaired) electrons. The maximum absolute atomic E-state index is 13.9. The molecule has 208 valence electrons. The van der Waals surface area contributed by atoms with Crippen LogP contribution in [0.4, 0.5) is 0 Å². The molecule has 3 aromatic carbocycles. The molecule has 0 saturated carbocycles. The highest BCUT2D eigenvalue weighted by molar-refractivity contribution is 6.07. The number of hydrogen-bond acceptors (Lipinski definition) is 5. The van der Waals surface area contributed by atoms with Gasteiger partial charge in [-0.25, -0.2) is 4.98 Å². The molecule has 2 amide bonds. The SMILES string of the molecule is CC(=O)c1cccc(-c2cc(C(=O)N3CCN(C4CCN(C(=O)c5ccccc5)CC4)CC3)c3ccccc3n2)c1. The van der Waals surface area contributed by atoms with Gasteiger partial charge in [0.05, 0.1) is 16.8 Å². The Morgan fingerprint density at radius 2 is 1.34 bits per heavy atom. The van der Waals surface area contributed by atoms with Crippen molar-refractivity contribution in [3.8, 4) is 11.3 Å². The van der Waals surface area contributed by atoms with Crippen molar-refractivity contribution in [3.63, 3.8) is 0 Å². The van der Waals surface area contributed by atoms with Gasteiger partial charge in [0.2, 0.25) is 0 Å². The summed E-state index contributed by atoms with van der Waals surface area (Å²) in [7, 11) is 0. The van der Waals surface area contributed by atoms with Crippen molar-refractivity contribution in [1.29, 1.82) is 0 Å². The molecule has 2 aliphatic heterocycles. The number of piperidine rings is 1. The average Bonchev–Trinajstić information content (AvgIpc) is 3.04. The lowest BCUT2D eigenvalue weighted by Crippen LogP contribution is -2.54. The molecule has 6 rings (SSSR count). The molecule has 0 aliphatic carbocycles. The van der Waals surface area contributed by atoms with Crippen molar-refractivity contribution in [3.05, 3.63) is 102 Å². The largest absolute Gasteiger partial charge is 0.339 e. The Balaban J connectivity index is 1.13. The van der Waals surface area contributed by atoms with Crippen LogP contribution in [0.3, 0.4) is 0 Å². The summed E-state index contributed by atoms with van der Waals surface area (Å²) in [6.07, 6.45) is 1.90. The summed E-state index contributed by atoms with van der Waals surface area (Å²) in [6, 6.07) is 26.9. The number of amides is 2. The summed E-state index contributed by atoms with van der Waals surface area (Å²) < 4.78 is 0. The highest BCUT2D eigenvalue weighted by Gasteiger charge is 2.31. The molecule has 0 atom stereocenters. The second-order valence-corrected chi connectivity index (χ2v) is 10.9. The van der Waals surface area contributed by atoms with Gasteiger partial charge in [-0.2, -0.15) is 0 Å². The molecule has 0 spiro atoms. The zero-order valence-electron chi connectivity index (χ0n) is 23.3. The van der Waals surface area contributed by atoms with Crippen molar-refractivity contribution in [2.45, 2.75) is 25.8 Å². The highest BCUT2D eigenvalue weighted by atomic mass is 16.2. The third kappa shape index (κ3) is 5.63. The molecular weight excluding hydrogens is 512 g/mol. The van der Waals surface area contributed by atoms with E-state index >= 15 is 0 Å². The summed E-state index contributed by atoms with van der Waals surface area (Å²) in [5.74, 6) is 0.113. The lowest BCUT2D eigenvalue weighted by atomic mass is 10.00. The van der Waals surface area contributed by atoms with E-state index in [1.807, 2.05) is 88.7 Å². The van der Waals surface area contributed by atoms with Crippen molar-refractivity contribution >= 4 is 28.5 Å². The summed E-state index contributed by atoms with van der Waals surface area (Å²) in [6.45, 7) is 6.03. The van der Waals surface area contributed by atoms with Gasteiger partial charge in [-0.15, -0.1) is 0 Å². The van der Waals surface area contributed by atoms with E-state index in [1.165, 1.54) is 0 Å². The Kier molecular flexibility index (Phi) is 7.61. The molecule has 2 aliphatic rings. The van der Waals surface area contributed by atoms with Crippen LogP contribution < -0.4 is 0 Å². The van der Waals surface area contributed by atoms with Crippen LogP contribution in [0.1, 0.15) is 50.8 Å². The standard InChI is InChI=1S/C34H34N4O3/c1-24(39)26-10-7-11-27(22-26)32-23-30(29-12-5-6-13-31(29)35-32)34(41)38-20-18-36(19-21-38)28-14-16-37(17-15-28)33(40)25-8-3-2-4-9-25/h2-13,22-23,28H,14-21H2,1H3. The van der Waals surface area contributed by atoms with Gasteiger partial charge in [-0.3, -0.25) is 19.3 Å². The molecular formula is C34H34N4O3. The summed E-state index contributed by atoms with van der Waals surface area (Å²) in [5.41, 5.74) is 4.27. The van der Waals surface area contributed by atoms with E-state index in [2.05, 4.69) is 4.90 Å². The predicted molar refractivity (Wildman–Crippen MR) is 160 cm³/mol. The number of carbonyl (C=O) groups excluding carboxylic acids is 3. The van der Waals surface area contributed by atoms with E-state index in [1.54, 1.807) is 13.0 Å². The average molecular weight is 547 g/mol. The van der Waals surface area contributed by atoms with Gasteiger partial charge in [0.15, 0.2) is 5.78 Å². The lowest BCUT2D eigenvalue weighted by molar-refractivity contribution is 0.0413. The van der Waals surface area contributed by atoms with Gasteiger partial charge in [0, 0.05) is 67.4 Å². The number of rotatable bonds is 5. The van der Waals surface area contributed by atoms with Gasteiger partial charge < -0.3 is 9.80 Å². The third-order valence-electron chi connectivity index (χ3n) is 8.40. The van der Waals surface area contributed by atoms with Gasteiger partial charge in [-0.05, 0) is 50.1 Å². The maximum Gasteiger partial charge on any atom is 0.254 e. The van der Waals surface area contributed by atoms with Crippen LogP contribution in [0.25, 0.3) is 22.2 Å². The normalized spacial score (nSPS) is 16.6. The van der Waals surface area contributed by atoms with Crippen molar-refractivity contribution in [2.75, 3.05) is 39.3 Å². The van der Waals surface area contributed by atoms with E-state index in [9.17, 15) is 14.4 Å². The molecule has 41 heavy (non-hydrogen) atoms. The Hall–Kier alpha value is -4.36. The second kappa shape index (κ2) is 11.6. The van der Waals surface area contributed by atoms with Gasteiger partial charge >= 0.3 is 0 Å². The summed E-state index contributed by atoms with van der Waals surface area (Å²) in [4.78, 5) is 49.9. The highest BCUT2D eigenvalue weighted by Crippen LogP contribution is 2.28. The molecule has 2 saturated heterocycles. The Bertz CT molecular complexity index is 1590.